The van der Waals surface area contributed by atoms with Crippen molar-refractivity contribution in [3.05, 3.63) is 24.2 Å². The number of rotatable bonds is 7. The van der Waals surface area contributed by atoms with Gasteiger partial charge in [-0.05, 0) is 32.6 Å². The van der Waals surface area contributed by atoms with Crippen molar-refractivity contribution in [2.45, 2.75) is 37.9 Å². The summed E-state index contributed by atoms with van der Waals surface area (Å²) in [5.74, 6) is 2.22. The Morgan fingerprint density at radius 3 is 2.96 bits per heavy atom. The molecular formula is C16H24N6OS. The van der Waals surface area contributed by atoms with Crippen LogP contribution in [0.25, 0.3) is 0 Å². The SMILES string of the molecule is Cc1cc(NC(=O)NCCSc2nccn2C)n(C(C)C2CC2)n1. The molecule has 2 N–H and O–H groups in total. The molecule has 2 aromatic heterocycles. The van der Waals surface area contributed by atoms with Crippen molar-refractivity contribution >= 4 is 23.6 Å². The molecule has 0 aromatic carbocycles. The number of amides is 2. The van der Waals surface area contributed by atoms with Gasteiger partial charge in [0.15, 0.2) is 5.16 Å². The second kappa shape index (κ2) is 7.29. The Morgan fingerprint density at radius 2 is 2.29 bits per heavy atom. The summed E-state index contributed by atoms with van der Waals surface area (Å²) in [4.78, 5) is 16.4. The molecular weight excluding hydrogens is 324 g/mol. The van der Waals surface area contributed by atoms with Crippen LogP contribution in [-0.4, -0.2) is 37.7 Å². The van der Waals surface area contributed by atoms with E-state index in [1.807, 2.05) is 35.5 Å². The van der Waals surface area contributed by atoms with Gasteiger partial charge < -0.3 is 9.88 Å². The second-order valence-electron chi connectivity index (χ2n) is 6.24. The van der Waals surface area contributed by atoms with E-state index >= 15 is 0 Å². The zero-order chi connectivity index (χ0) is 17.1. The lowest BCUT2D eigenvalue weighted by molar-refractivity contribution is 0.252. The predicted octanol–water partition coefficient (Wildman–Crippen LogP) is 2.81. The van der Waals surface area contributed by atoms with Gasteiger partial charge in [-0.1, -0.05) is 11.8 Å². The van der Waals surface area contributed by atoms with Crippen LogP contribution in [0.1, 0.15) is 31.5 Å². The summed E-state index contributed by atoms with van der Waals surface area (Å²) in [5.41, 5.74) is 0.920. The molecule has 8 heteroatoms. The first-order valence-corrected chi connectivity index (χ1v) is 9.24. The minimum absolute atomic E-state index is 0.195. The Labute approximate surface area is 146 Å². The summed E-state index contributed by atoms with van der Waals surface area (Å²) in [6, 6.07) is 2.05. The Bertz CT molecular complexity index is 705. The van der Waals surface area contributed by atoms with E-state index in [0.29, 0.717) is 18.5 Å². The number of carbonyl (C=O) groups is 1. The van der Waals surface area contributed by atoms with Gasteiger partial charge in [0.05, 0.1) is 11.7 Å². The molecule has 3 rings (SSSR count). The fourth-order valence-corrected chi connectivity index (χ4v) is 3.44. The van der Waals surface area contributed by atoms with Gasteiger partial charge in [0.2, 0.25) is 0 Å². The van der Waals surface area contributed by atoms with Crippen LogP contribution in [0.5, 0.6) is 0 Å². The van der Waals surface area contributed by atoms with E-state index in [4.69, 9.17) is 0 Å². The van der Waals surface area contributed by atoms with Gasteiger partial charge in [-0.15, -0.1) is 0 Å². The van der Waals surface area contributed by atoms with Crippen LogP contribution in [0.15, 0.2) is 23.6 Å². The second-order valence-corrected chi connectivity index (χ2v) is 7.31. The normalized spacial score (nSPS) is 15.3. The molecule has 0 bridgehead atoms. The average molecular weight is 348 g/mol. The number of imidazole rings is 1. The van der Waals surface area contributed by atoms with Crippen LogP contribution in [0, 0.1) is 12.8 Å². The molecule has 2 amide bonds. The van der Waals surface area contributed by atoms with E-state index in [-0.39, 0.29) is 6.03 Å². The average Bonchev–Trinajstić information content (AvgIpc) is 3.22. The van der Waals surface area contributed by atoms with Crippen molar-refractivity contribution < 1.29 is 4.79 Å². The molecule has 24 heavy (non-hydrogen) atoms. The molecule has 1 fully saturated rings. The third kappa shape index (κ3) is 4.11. The standard InChI is InChI=1S/C16H24N6OS/c1-11-10-14(22(20-11)12(2)13-4-5-13)19-15(23)17-7-9-24-16-18-6-8-21(16)3/h6,8,10,12-13H,4-5,7,9H2,1-3H3,(H2,17,19,23). The van der Waals surface area contributed by atoms with Gasteiger partial charge in [-0.2, -0.15) is 5.10 Å². The zero-order valence-electron chi connectivity index (χ0n) is 14.3. The smallest absolute Gasteiger partial charge is 0.320 e. The van der Waals surface area contributed by atoms with Crippen molar-refractivity contribution in [3.8, 4) is 0 Å². The van der Waals surface area contributed by atoms with Gasteiger partial charge in [-0.25, -0.2) is 14.5 Å². The number of aryl methyl sites for hydroxylation is 2. The quantitative estimate of drug-likeness (QED) is 0.596. The van der Waals surface area contributed by atoms with Crippen molar-refractivity contribution in [2.24, 2.45) is 13.0 Å². The van der Waals surface area contributed by atoms with Crippen LogP contribution < -0.4 is 10.6 Å². The maximum Gasteiger partial charge on any atom is 0.320 e. The van der Waals surface area contributed by atoms with E-state index in [9.17, 15) is 4.79 Å². The number of nitrogens with one attached hydrogen (secondary N) is 2. The summed E-state index contributed by atoms with van der Waals surface area (Å²) in [7, 11) is 1.96. The summed E-state index contributed by atoms with van der Waals surface area (Å²) in [6.07, 6.45) is 6.17. The summed E-state index contributed by atoms with van der Waals surface area (Å²) < 4.78 is 3.90. The van der Waals surface area contributed by atoms with Crippen LogP contribution >= 0.6 is 11.8 Å². The summed E-state index contributed by atoms with van der Waals surface area (Å²) in [5, 5.41) is 11.3. The van der Waals surface area contributed by atoms with Crippen molar-refractivity contribution in [2.75, 3.05) is 17.6 Å². The van der Waals surface area contributed by atoms with E-state index in [2.05, 4.69) is 27.6 Å². The molecule has 2 aromatic rings. The maximum absolute atomic E-state index is 12.1. The predicted molar refractivity (Wildman–Crippen MR) is 95.4 cm³/mol. The molecule has 130 valence electrons. The van der Waals surface area contributed by atoms with Gasteiger partial charge in [0, 0.05) is 37.8 Å². The molecule has 1 unspecified atom stereocenters. The highest BCUT2D eigenvalue weighted by atomic mass is 32.2. The number of anilines is 1. The molecule has 1 aliphatic rings. The summed E-state index contributed by atoms with van der Waals surface area (Å²) >= 11 is 1.62. The maximum atomic E-state index is 12.1. The minimum atomic E-state index is -0.195. The molecule has 7 nitrogen and oxygen atoms in total. The molecule has 0 saturated heterocycles. The van der Waals surface area contributed by atoms with E-state index < -0.39 is 0 Å². The van der Waals surface area contributed by atoms with Gasteiger partial charge in [0.1, 0.15) is 5.82 Å². The highest BCUT2D eigenvalue weighted by Crippen LogP contribution is 2.40. The molecule has 1 saturated carbocycles. The highest BCUT2D eigenvalue weighted by Gasteiger charge is 2.31. The Morgan fingerprint density at radius 1 is 1.50 bits per heavy atom. The number of thioether (sulfide) groups is 1. The molecule has 1 aliphatic carbocycles. The monoisotopic (exact) mass is 348 g/mol. The zero-order valence-corrected chi connectivity index (χ0v) is 15.1. The first-order valence-electron chi connectivity index (χ1n) is 8.25. The van der Waals surface area contributed by atoms with E-state index in [1.165, 1.54) is 12.8 Å². The number of hydrogen-bond acceptors (Lipinski definition) is 4. The first kappa shape index (κ1) is 16.9. The van der Waals surface area contributed by atoms with E-state index in [1.54, 1.807) is 18.0 Å². The third-order valence-corrected chi connectivity index (χ3v) is 5.25. The fourth-order valence-electron chi connectivity index (χ4n) is 2.66. The molecule has 0 radical (unpaired) electrons. The van der Waals surface area contributed by atoms with Gasteiger partial charge in [-0.3, -0.25) is 5.32 Å². The third-order valence-electron chi connectivity index (χ3n) is 4.19. The summed E-state index contributed by atoms with van der Waals surface area (Å²) in [6.45, 7) is 4.69. The number of carbonyl (C=O) groups excluding carboxylic acids is 1. The molecule has 0 aliphatic heterocycles. The van der Waals surface area contributed by atoms with Crippen LogP contribution in [0.2, 0.25) is 0 Å². The highest BCUT2D eigenvalue weighted by molar-refractivity contribution is 7.99. The van der Waals surface area contributed by atoms with Gasteiger partial charge in [0.25, 0.3) is 0 Å². The largest absolute Gasteiger partial charge is 0.337 e. The Balaban J connectivity index is 1.47. The van der Waals surface area contributed by atoms with Crippen LogP contribution in [0.3, 0.4) is 0 Å². The number of hydrogen-bond donors (Lipinski definition) is 2. The van der Waals surface area contributed by atoms with Crippen molar-refractivity contribution in [1.82, 2.24) is 24.6 Å². The molecule has 0 spiro atoms. The molecule has 1 atom stereocenters. The van der Waals surface area contributed by atoms with Crippen molar-refractivity contribution in [1.29, 1.82) is 0 Å². The van der Waals surface area contributed by atoms with Crippen LogP contribution in [0.4, 0.5) is 10.6 Å². The van der Waals surface area contributed by atoms with Crippen molar-refractivity contribution in [3.63, 3.8) is 0 Å². The topological polar surface area (TPSA) is 76.8 Å². The van der Waals surface area contributed by atoms with Gasteiger partial charge >= 0.3 is 6.03 Å². The molecule has 2 heterocycles. The minimum Gasteiger partial charge on any atom is -0.337 e. The lowest BCUT2D eigenvalue weighted by Crippen LogP contribution is -2.31. The van der Waals surface area contributed by atoms with E-state index in [0.717, 1.165) is 22.4 Å². The van der Waals surface area contributed by atoms with Crippen LogP contribution in [-0.2, 0) is 7.05 Å². The number of aromatic nitrogens is 4. The lowest BCUT2D eigenvalue weighted by Gasteiger charge is -2.15. The Hall–Kier alpha value is -1.96. The Kier molecular flexibility index (Phi) is 5.13. The first-order chi connectivity index (χ1) is 11.5. The lowest BCUT2D eigenvalue weighted by atomic mass is 10.2. The number of urea groups is 1. The fraction of sp³-hybridized carbons (Fsp3) is 0.562. The number of nitrogens with zero attached hydrogens (tertiary/aromatic N) is 4.